The standard InChI is InChI=1S/C13H15N3O2/c1-10(16-8-2-7-15-16)13(18)14-9-11-3-5-12(17)6-4-11/h2-8,10,17H,9H2,1H3,(H,14,18). The maximum Gasteiger partial charge on any atom is 0.244 e. The summed E-state index contributed by atoms with van der Waals surface area (Å²) < 4.78 is 1.60. The van der Waals surface area contributed by atoms with Crippen LogP contribution in [-0.2, 0) is 11.3 Å². The molecule has 0 aliphatic rings. The average Bonchev–Trinajstić information content (AvgIpc) is 2.90. The van der Waals surface area contributed by atoms with Crippen molar-refractivity contribution in [2.24, 2.45) is 0 Å². The number of phenols is 1. The summed E-state index contributed by atoms with van der Waals surface area (Å²) in [5.74, 6) is 0.127. The molecular formula is C13H15N3O2. The third-order valence-electron chi connectivity index (χ3n) is 2.70. The zero-order valence-corrected chi connectivity index (χ0v) is 10.1. The number of phenolic OH excluding ortho intramolecular Hbond substituents is 1. The summed E-state index contributed by atoms with van der Waals surface area (Å²) in [6.07, 6.45) is 3.40. The van der Waals surface area contributed by atoms with E-state index in [-0.39, 0.29) is 17.7 Å². The fourth-order valence-corrected chi connectivity index (χ4v) is 1.58. The number of aromatic nitrogens is 2. The number of hydrogen-bond acceptors (Lipinski definition) is 3. The van der Waals surface area contributed by atoms with Crippen LogP contribution in [0.25, 0.3) is 0 Å². The SMILES string of the molecule is CC(C(=O)NCc1ccc(O)cc1)n1cccn1. The number of aromatic hydroxyl groups is 1. The van der Waals surface area contributed by atoms with Gasteiger partial charge in [-0.15, -0.1) is 0 Å². The van der Waals surface area contributed by atoms with Gasteiger partial charge in [0.25, 0.3) is 0 Å². The van der Waals surface area contributed by atoms with Crippen LogP contribution in [0.5, 0.6) is 5.75 Å². The first kappa shape index (κ1) is 12.2. The van der Waals surface area contributed by atoms with Crippen LogP contribution < -0.4 is 5.32 Å². The summed E-state index contributed by atoms with van der Waals surface area (Å²) >= 11 is 0. The Labute approximate surface area is 105 Å². The minimum absolute atomic E-state index is 0.0909. The lowest BCUT2D eigenvalue weighted by Crippen LogP contribution is -2.30. The molecule has 1 amide bonds. The maximum atomic E-state index is 11.9. The van der Waals surface area contributed by atoms with Gasteiger partial charge in [-0.05, 0) is 30.7 Å². The van der Waals surface area contributed by atoms with Crippen molar-refractivity contribution in [3.05, 3.63) is 48.3 Å². The van der Waals surface area contributed by atoms with Gasteiger partial charge < -0.3 is 10.4 Å². The molecule has 1 atom stereocenters. The van der Waals surface area contributed by atoms with E-state index in [1.807, 2.05) is 0 Å². The lowest BCUT2D eigenvalue weighted by Gasteiger charge is -2.12. The molecule has 1 aromatic carbocycles. The quantitative estimate of drug-likeness (QED) is 0.857. The molecule has 5 heteroatoms. The highest BCUT2D eigenvalue weighted by molar-refractivity contribution is 5.79. The monoisotopic (exact) mass is 245 g/mol. The Balaban J connectivity index is 1.90. The Kier molecular flexibility index (Phi) is 3.62. The van der Waals surface area contributed by atoms with Crippen molar-refractivity contribution in [2.75, 3.05) is 0 Å². The van der Waals surface area contributed by atoms with E-state index in [1.165, 1.54) is 0 Å². The summed E-state index contributed by atoms with van der Waals surface area (Å²) in [6.45, 7) is 2.23. The molecule has 2 aromatic rings. The Morgan fingerprint density at radius 1 is 1.44 bits per heavy atom. The molecule has 94 valence electrons. The van der Waals surface area contributed by atoms with Crippen LogP contribution in [0.1, 0.15) is 18.5 Å². The van der Waals surface area contributed by atoms with E-state index in [1.54, 1.807) is 54.3 Å². The van der Waals surface area contributed by atoms with Crippen molar-refractivity contribution in [1.29, 1.82) is 0 Å². The molecule has 5 nitrogen and oxygen atoms in total. The molecule has 0 radical (unpaired) electrons. The first-order chi connectivity index (χ1) is 8.66. The number of carbonyl (C=O) groups is 1. The van der Waals surface area contributed by atoms with E-state index >= 15 is 0 Å². The van der Waals surface area contributed by atoms with Crippen LogP contribution in [-0.4, -0.2) is 20.8 Å². The highest BCUT2D eigenvalue weighted by Gasteiger charge is 2.13. The third kappa shape index (κ3) is 2.88. The van der Waals surface area contributed by atoms with E-state index < -0.39 is 0 Å². The number of amides is 1. The Hall–Kier alpha value is -2.30. The number of carbonyl (C=O) groups excluding carboxylic acids is 1. The lowest BCUT2D eigenvalue weighted by atomic mass is 10.2. The van der Waals surface area contributed by atoms with E-state index in [0.717, 1.165) is 5.56 Å². The van der Waals surface area contributed by atoms with Crippen LogP contribution in [0.2, 0.25) is 0 Å². The number of hydrogen-bond donors (Lipinski definition) is 2. The fraction of sp³-hybridized carbons (Fsp3) is 0.231. The van der Waals surface area contributed by atoms with Gasteiger partial charge in [0.2, 0.25) is 5.91 Å². The van der Waals surface area contributed by atoms with E-state index in [2.05, 4.69) is 10.4 Å². The third-order valence-corrected chi connectivity index (χ3v) is 2.70. The number of nitrogens with zero attached hydrogens (tertiary/aromatic N) is 2. The first-order valence-electron chi connectivity index (χ1n) is 5.71. The molecule has 0 fully saturated rings. The van der Waals surface area contributed by atoms with E-state index in [9.17, 15) is 4.79 Å². The fourth-order valence-electron chi connectivity index (χ4n) is 1.58. The Morgan fingerprint density at radius 2 is 2.17 bits per heavy atom. The second kappa shape index (κ2) is 5.35. The molecule has 2 rings (SSSR count). The summed E-state index contributed by atoms with van der Waals surface area (Å²) in [5.41, 5.74) is 0.939. The van der Waals surface area contributed by atoms with Gasteiger partial charge in [-0.2, -0.15) is 5.10 Å². The highest BCUT2D eigenvalue weighted by Crippen LogP contribution is 2.10. The largest absolute Gasteiger partial charge is 0.508 e. The normalized spacial score (nSPS) is 12.1. The zero-order valence-electron chi connectivity index (χ0n) is 10.1. The summed E-state index contributed by atoms with van der Waals surface area (Å²) in [6, 6.07) is 8.18. The van der Waals surface area contributed by atoms with Gasteiger partial charge in [0, 0.05) is 18.9 Å². The minimum Gasteiger partial charge on any atom is -0.508 e. The Morgan fingerprint density at radius 3 is 2.78 bits per heavy atom. The van der Waals surface area contributed by atoms with Crippen LogP contribution >= 0.6 is 0 Å². The molecule has 2 N–H and O–H groups in total. The maximum absolute atomic E-state index is 11.9. The molecule has 0 aliphatic heterocycles. The number of nitrogens with one attached hydrogen (secondary N) is 1. The van der Waals surface area contributed by atoms with E-state index in [4.69, 9.17) is 5.11 Å². The predicted molar refractivity (Wildman–Crippen MR) is 66.9 cm³/mol. The van der Waals surface area contributed by atoms with Gasteiger partial charge in [0.1, 0.15) is 11.8 Å². The van der Waals surface area contributed by atoms with Crippen molar-refractivity contribution in [3.63, 3.8) is 0 Å². The van der Waals surface area contributed by atoms with Crippen molar-refractivity contribution in [3.8, 4) is 5.75 Å². The average molecular weight is 245 g/mol. The van der Waals surface area contributed by atoms with Gasteiger partial charge in [0.05, 0.1) is 0 Å². The highest BCUT2D eigenvalue weighted by atomic mass is 16.3. The van der Waals surface area contributed by atoms with Gasteiger partial charge >= 0.3 is 0 Å². The van der Waals surface area contributed by atoms with Crippen LogP contribution in [0.4, 0.5) is 0 Å². The zero-order chi connectivity index (χ0) is 13.0. The predicted octanol–water partition coefficient (Wildman–Crippen LogP) is 1.47. The van der Waals surface area contributed by atoms with Crippen molar-refractivity contribution in [1.82, 2.24) is 15.1 Å². The number of benzene rings is 1. The van der Waals surface area contributed by atoms with Crippen molar-refractivity contribution < 1.29 is 9.90 Å². The van der Waals surface area contributed by atoms with Crippen molar-refractivity contribution in [2.45, 2.75) is 19.5 Å². The Bertz CT molecular complexity index is 506. The van der Waals surface area contributed by atoms with Crippen LogP contribution in [0, 0.1) is 0 Å². The minimum atomic E-state index is -0.336. The molecule has 0 aliphatic carbocycles. The molecule has 0 saturated heterocycles. The molecule has 1 aromatic heterocycles. The van der Waals surface area contributed by atoms with Gasteiger partial charge in [-0.25, -0.2) is 0 Å². The molecule has 0 bridgehead atoms. The molecule has 0 saturated carbocycles. The second-order valence-electron chi connectivity index (χ2n) is 4.05. The lowest BCUT2D eigenvalue weighted by molar-refractivity contribution is -0.124. The molecule has 0 spiro atoms. The summed E-state index contributed by atoms with van der Waals surface area (Å²) in [7, 11) is 0. The molecule has 1 heterocycles. The van der Waals surface area contributed by atoms with Crippen molar-refractivity contribution >= 4 is 5.91 Å². The van der Waals surface area contributed by atoms with E-state index in [0.29, 0.717) is 6.54 Å². The topological polar surface area (TPSA) is 67.2 Å². The van der Waals surface area contributed by atoms with Gasteiger partial charge in [0.15, 0.2) is 0 Å². The molecule has 18 heavy (non-hydrogen) atoms. The summed E-state index contributed by atoms with van der Waals surface area (Å²) in [5, 5.41) is 16.0. The van der Waals surface area contributed by atoms with Gasteiger partial charge in [-0.3, -0.25) is 9.48 Å². The second-order valence-corrected chi connectivity index (χ2v) is 4.05. The molecule has 1 unspecified atom stereocenters. The number of rotatable bonds is 4. The first-order valence-corrected chi connectivity index (χ1v) is 5.71. The van der Waals surface area contributed by atoms with Crippen LogP contribution in [0.15, 0.2) is 42.7 Å². The van der Waals surface area contributed by atoms with Gasteiger partial charge in [-0.1, -0.05) is 12.1 Å². The molecular weight excluding hydrogens is 230 g/mol. The van der Waals surface area contributed by atoms with Crippen LogP contribution in [0.3, 0.4) is 0 Å². The smallest absolute Gasteiger partial charge is 0.244 e. The summed E-state index contributed by atoms with van der Waals surface area (Å²) in [4.78, 5) is 11.9.